The first kappa shape index (κ1) is 15.7. The highest BCUT2D eigenvalue weighted by atomic mass is 16.1. The number of rotatable bonds is 6. The van der Waals surface area contributed by atoms with Crippen molar-refractivity contribution in [2.24, 2.45) is 0 Å². The van der Waals surface area contributed by atoms with Gasteiger partial charge in [0.2, 0.25) is 0 Å². The van der Waals surface area contributed by atoms with E-state index < -0.39 is 0 Å². The molecular formula is C19H19NO2. The van der Waals surface area contributed by atoms with Crippen LogP contribution in [0.1, 0.15) is 40.1 Å². The van der Waals surface area contributed by atoms with Crippen molar-refractivity contribution < 1.29 is 9.59 Å². The lowest BCUT2D eigenvalue weighted by Gasteiger charge is -2.02. The largest absolute Gasteiger partial charge is 0.362 e. The number of ketones is 2. The third kappa shape index (κ3) is 4.16. The summed E-state index contributed by atoms with van der Waals surface area (Å²) in [5.41, 5.74) is 3.38. The van der Waals surface area contributed by atoms with Gasteiger partial charge in [-0.1, -0.05) is 31.2 Å². The van der Waals surface area contributed by atoms with Gasteiger partial charge in [0.05, 0.1) is 0 Å². The van der Waals surface area contributed by atoms with Gasteiger partial charge in [-0.25, -0.2) is 0 Å². The average Bonchev–Trinajstić information content (AvgIpc) is 2.55. The quantitative estimate of drug-likeness (QED) is 0.639. The Morgan fingerprint density at radius 2 is 1.55 bits per heavy atom. The molecule has 0 amide bonds. The van der Waals surface area contributed by atoms with Crippen LogP contribution in [0.15, 0.2) is 60.8 Å². The second-order valence-electron chi connectivity index (χ2n) is 5.03. The monoisotopic (exact) mass is 293 g/mol. The fraction of sp³-hybridized carbons (Fsp3) is 0.158. The molecule has 0 unspecified atom stereocenters. The summed E-state index contributed by atoms with van der Waals surface area (Å²) in [6.45, 7) is 3.61. The van der Waals surface area contributed by atoms with E-state index in [0.29, 0.717) is 11.1 Å². The van der Waals surface area contributed by atoms with Crippen molar-refractivity contribution >= 4 is 17.3 Å². The molecule has 0 fully saturated rings. The van der Waals surface area contributed by atoms with Gasteiger partial charge in [-0.3, -0.25) is 9.59 Å². The highest BCUT2D eigenvalue weighted by Gasteiger charge is 2.01. The number of carbonyl (C=O) groups is 2. The predicted octanol–water partition coefficient (Wildman–Crippen LogP) is 4.26. The van der Waals surface area contributed by atoms with Gasteiger partial charge in [0.1, 0.15) is 0 Å². The van der Waals surface area contributed by atoms with Gasteiger partial charge in [-0.05, 0) is 43.2 Å². The van der Waals surface area contributed by atoms with E-state index in [1.165, 1.54) is 18.6 Å². The van der Waals surface area contributed by atoms with Gasteiger partial charge < -0.3 is 5.32 Å². The second-order valence-corrected chi connectivity index (χ2v) is 5.03. The molecule has 0 aliphatic heterocycles. The van der Waals surface area contributed by atoms with E-state index >= 15 is 0 Å². The maximum Gasteiger partial charge on any atom is 0.187 e. The van der Waals surface area contributed by atoms with E-state index in [0.717, 1.165) is 12.1 Å². The van der Waals surface area contributed by atoms with Crippen molar-refractivity contribution in [1.29, 1.82) is 0 Å². The summed E-state index contributed by atoms with van der Waals surface area (Å²) in [6.07, 6.45) is 4.07. The molecule has 22 heavy (non-hydrogen) atoms. The number of hydrogen-bond acceptors (Lipinski definition) is 3. The first-order valence-corrected chi connectivity index (χ1v) is 7.27. The van der Waals surface area contributed by atoms with E-state index in [2.05, 4.69) is 12.2 Å². The van der Waals surface area contributed by atoms with Crippen LogP contribution in [0.5, 0.6) is 0 Å². The summed E-state index contributed by atoms with van der Waals surface area (Å²) in [4.78, 5) is 23.2. The van der Waals surface area contributed by atoms with E-state index in [-0.39, 0.29) is 11.6 Å². The molecule has 0 saturated carbocycles. The molecule has 2 aromatic carbocycles. The highest BCUT2D eigenvalue weighted by Crippen LogP contribution is 2.10. The smallest absolute Gasteiger partial charge is 0.187 e. The second kappa shape index (κ2) is 7.36. The molecule has 0 heterocycles. The van der Waals surface area contributed by atoms with Gasteiger partial charge in [0.15, 0.2) is 11.6 Å². The molecule has 0 radical (unpaired) electrons. The van der Waals surface area contributed by atoms with E-state index in [4.69, 9.17) is 0 Å². The molecule has 1 N–H and O–H groups in total. The van der Waals surface area contributed by atoms with Crippen molar-refractivity contribution in [1.82, 2.24) is 0 Å². The minimum absolute atomic E-state index is 0.0350. The molecule has 0 aromatic heterocycles. The summed E-state index contributed by atoms with van der Waals surface area (Å²) in [6, 6.07) is 14.7. The Hall–Kier alpha value is -2.68. The molecule has 2 rings (SSSR count). The number of anilines is 1. The zero-order chi connectivity index (χ0) is 15.9. The first-order valence-electron chi connectivity index (χ1n) is 7.27. The number of allylic oxidation sites excluding steroid dienone is 1. The van der Waals surface area contributed by atoms with Crippen molar-refractivity contribution in [3.05, 3.63) is 77.5 Å². The Morgan fingerprint density at radius 1 is 0.955 bits per heavy atom. The molecule has 0 saturated heterocycles. The minimum atomic E-state index is -0.0458. The van der Waals surface area contributed by atoms with Crippen LogP contribution in [0.25, 0.3) is 0 Å². The number of hydrogen-bond donors (Lipinski definition) is 1. The number of Topliss-reactive ketones (excluding diaryl/α,β-unsaturated/α-hetero) is 1. The molecule has 2 aromatic rings. The topological polar surface area (TPSA) is 46.2 Å². The fourth-order valence-corrected chi connectivity index (χ4v) is 2.02. The molecule has 3 nitrogen and oxygen atoms in total. The summed E-state index contributed by atoms with van der Waals surface area (Å²) in [5, 5.41) is 3.02. The molecule has 0 spiro atoms. The molecule has 0 aliphatic carbocycles. The minimum Gasteiger partial charge on any atom is -0.362 e. The van der Waals surface area contributed by atoms with Gasteiger partial charge in [0.25, 0.3) is 0 Å². The van der Waals surface area contributed by atoms with Crippen LogP contribution in [0.3, 0.4) is 0 Å². The standard InChI is InChI=1S/C19H19NO2/c1-3-15-4-6-17(7-5-15)19(22)12-13-20-18-10-8-16(9-11-18)14(2)21/h4-13,20H,3H2,1-2H3/b13-12+. The summed E-state index contributed by atoms with van der Waals surface area (Å²) < 4.78 is 0. The Kier molecular flexibility index (Phi) is 5.26. The SMILES string of the molecule is CCc1ccc(C(=O)/C=C/Nc2ccc(C(C)=O)cc2)cc1. The molecule has 3 heteroatoms. The Bertz CT molecular complexity index is 682. The normalized spacial score (nSPS) is 10.6. The Balaban J connectivity index is 1.96. The number of carbonyl (C=O) groups excluding carboxylic acids is 2. The zero-order valence-corrected chi connectivity index (χ0v) is 12.8. The Labute approximate surface area is 130 Å². The lowest BCUT2D eigenvalue weighted by atomic mass is 10.1. The van der Waals surface area contributed by atoms with Crippen LogP contribution in [-0.2, 0) is 6.42 Å². The molecular weight excluding hydrogens is 274 g/mol. The summed E-state index contributed by atoms with van der Waals surface area (Å²) in [7, 11) is 0. The third-order valence-electron chi connectivity index (χ3n) is 3.42. The van der Waals surface area contributed by atoms with Gasteiger partial charge in [0, 0.05) is 29.1 Å². The van der Waals surface area contributed by atoms with E-state index in [9.17, 15) is 9.59 Å². The van der Waals surface area contributed by atoms with E-state index in [1.807, 2.05) is 36.4 Å². The van der Waals surface area contributed by atoms with Crippen LogP contribution < -0.4 is 5.32 Å². The van der Waals surface area contributed by atoms with Gasteiger partial charge in [-0.2, -0.15) is 0 Å². The van der Waals surface area contributed by atoms with Crippen LogP contribution in [0, 0.1) is 0 Å². The van der Waals surface area contributed by atoms with Crippen LogP contribution >= 0.6 is 0 Å². The predicted molar refractivity (Wildman–Crippen MR) is 89.4 cm³/mol. The van der Waals surface area contributed by atoms with Crippen molar-refractivity contribution in [3.63, 3.8) is 0 Å². The molecule has 0 atom stereocenters. The molecule has 0 bridgehead atoms. The van der Waals surface area contributed by atoms with Crippen LogP contribution in [0.2, 0.25) is 0 Å². The number of benzene rings is 2. The number of aryl methyl sites for hydroxylation is 1. The Morgan fingerprint density at radius 3 is 2.09 bits per heavy atom. The fourth-order valence-electron chi connectivity index (χ4n) is 2.02. The number of nitrogens with one attached hydrogen (secondary N) is 1. The molecule has 112 valence electrons. The van der Waals surface area contributed by atoms with Gasteiger partial charge >= 0.3 is 0 Å². The molecule has 0 aliphatic rings. The van der Waals surface area contributed by atoms with Crippen molar-refractivity contribution in [2.45, 2.75) is 20.3 Å². The van der Waals surface area contributed by atoms with Crippen molar-refractivity contribution in [3.8, 4) is 0 Å². The zero-order valence-electron chi connectivity index (χ0n) is 12.8. The average molecular weight is 293 g/mol. The third-order valence-corrected chi connectivity index (χ3v) is 3.42. The lowest BCUT2D eigenvalue weighted by molar-refractivity contribution is 0.101. The van der Waals surface area contributed by atoms with Crippen molar-refractivity contribution in [2.75, 3.05) is 5.32 Å². The first-order chi connectivity index (χ1) is 10.6. The van der Waals surface area contributed by atoms with Gasteiger partial charge in [-0.15, -0.1) is 0 Å². The van der Waals surface area contributed by atoms with Crippen LogP contribution in [-0.4, -0.2) is 11.6 Å². The lowest BCUT2D eigenvalue weighted by Crippen LogP contribution is -1.97. The summed E-state index contributed by atoms with van der Waals surface area (Å²) >= 11 is 0. The maximum absolute atomic E-state index is 12.0. The maximum atomic E-state index is 12.0. The van der Waals surface area contributed by atoms with Crippen LogP contribution in [0.4, 0.5) is 5.69 Å². The van der Waals surface area contributed by atoms with E-state index in [1.54, 1.807) is 18.3 Å². The highest BCUT2D eigenvalue weighted by molar-refractivity contribution is 6.04. The summed E-state index contributed by atoms with van der Waals surface area (Å²) in [5.74, 6) is -0.0108.